The van der Waals surface area contributed by atoms with Crippen LogP contribution < -0.4 is 0 Å². The Morgan fingerprint density at radius 1 is 1.08 bits per heavy atom. The first-order valence-electron chi connectivity index (χ1n) is 8.28. The molecule has 0 radical (unpaired) electrons. The van der Waals surface area contributed by atoms with E-state index < -0.39 is 5.60 Å². The fourth-order valence-corrected chi connectivity index (χ4v) is 4.20. The number of aromatic nitrogens is 1. The highest BCUT2D eigenvalue weighted by molar-refractivity contribution is 5.94. The standard InChI is InChI=1S/C19H19FN2O2/c20-15-3-1-14(2-4-15)19(24)11-16-5-6-17(12-19)22(16)18(23)13-7-9-21-10-8-13/h1-4,7-10,16-17,24H,5-6,11-12H2/t16-,17-/m0/s1. The Morgan fingerprint density at radius 3 is 2.25 bits per heavy atom. The first-order chi connectivity index (χ1) is 11.6. The van der Waals surface area contributed by atoms with Gasteiger partial charge in [0.1, 0.15) is 5.82 Å². The van der Waals surface area contributed by atoms with Crippen LogP contribution in [0.2, 0.25) is 0 Å². The molecule has 2 saturated heterocycles. The zero-order valence-corrected chi connectivity index (χ0v) is 13.2. The fraction of sp³-hybridized carbons (Fsp3) is 0.368. The van der Waals surface area contributed by atoms with Gasteiger partial charge in [-0.3, -0.25) is 9.78 Å². The molecule has 0 aliphatic carbocycles. The van der Waals surface area contributed by atoms with Crippen LogP contribution >= 0.6 is 0 Å². The van der Waals surface area contributed by atoms with Crippen molar-refractivity contribution in [2.24, 2.45) is 0 Å². The predicted octanol–water partition coefficient (Wildman–Crippen LogP) is 2.88. The van der Waals surface area contributed by atoms with Crippen LogP contribution in [0.15, 0.2) is 48.8 Å². The number of benzene rings is 1. The van der Waals surface area contributed by atoms with E-state index >= 15 is 0 Å². The Kier molecular flexibility index (Phi) is 3.61. The van der Waals surface area contributed by atoms with Gasteiger partial charge in [0.15, 0.2) is 0 Å². The molecule has 1 aromatic carbocycles. The molecule has 24 heavy (non-hydrogen) atoms. The maximum atomic E-state index is 13.2. The Balaban J connectivity index is 1.60. The summed E-state index contributed by atoms with van der Waals surface area (Å²) < 4.78 is 13.2. The van der Waals surface area contributed by atoms with Crippen LogP contribution in [0, 0.1) is 5.82 Å². The molecule has 2 bridgehead atoms. The third kappa shape index (κ3) is 2.49. The number of fused-ring (bicyclic) bond motifs is 2. The molecule has 1 N–H and O–H groups in total. The van der Waals surface area contributed by atoms with Crippen LogP contribution in [0.1, 0.15) is 41.6 Å². The number of carbonyl (C=O) groups is 1. The molecule has 2 fully saturated rings. The predicted molar refractivity (Wildman–Crippen MR) is 86.7 cm³/mol. The number of carbonyl (C=O) groups excluding carboxylic acids is 1. The Labute approximate surface area is 139 Å². The number of halogens is 1. The highest BCUT2D eigenvalue weighted by Crippen LogP contribution is 2.46. The first-order valence-corrected chi connectivity index (χ1v) is 8.28. The van der Waals surface area contributed by atoms with Crippen molar-refractivity contribution < 1.29 is 14.3 Å². The van der Waals surface area contributed by atoms with Crippen molar-refractivity contribution in [2.75, 3.05) is 0 Å². The Hall–Kier alpha value is -2.27. The lowest BCUT2D eigenvalue weighted by Crippen LogP contribution is -2.52. The summed E-state index contributed by atoms with van der Waals surface area (Å²) in [5.74, 6) is -0.304. The fourth-order valence-electron chi connectivity index (χ4n) is 4.20. The van der Waals surface area contributed by atoms with E-state index in [9.17, 15) is 14.3 Å². The van der Waals surface area contributed by atoms with Gasteiger partial charge in [-0.2, -0.15) is 0 Å². The summed E-state index contributed by atoms with van der Waals surface area (Å²) in [6.45, 7) is 0. The molecule has 2 aromatic rings. The zero-order chi connectivity index (χ0) is 16.7. The van der Waals surface area contributed by atoms with Gasteiger partial charge in [0, 0.05) is 42.9 Å². The smallest absolute Gasteiger partial charge is 0.254 e. The molecule has 5 heteroatoms. The molecule has 0 unspecified atom stereocenters. The maximum absolute atomic E-state index is 13.2. The second-order valence-electron chi connectivity index (χ2n) is 6.78. The van der Waals surface area contributed by atoms with Gasteiger partial charge in [-0.25, -0.2) is 4.39 Å². The number of amides is 1. The molecule has 1 aromatic heterocycles. The van der Waals surface area contributed by atoms with Gasteiger partial charge in [0.2, 0.25) is 0 Å². The molecule has 0 spiro atoms. The lowest BCUT2D eigenvalue weighted by Gasteiger charge is -2.44. The van der Waals surface area contributed by atoms with Gasteiger partial charge < -0.3 is 10.0 Å². The SMILES string of the molecule is O=C(c1ccncc1)N1[C@H]2CC[C@H]1CC(O)(c1ccc(F)cc1)C2. The van der Waals surface area contributed by atoms with Crippen LogP contribution in [0.3, 0.4) is 0 Å². The highest BCUT2D eigenvalue weighted by Gasteiger charge is 2.50. The second-order valence-corrected chi connectivity index (χ2v) is 6.78. The Morgan fingerprint density at radius 2 is 1.67 bits per heavy atom. The summed E-state index contributed by atoms with van der Waals surface area (Å²) in [6.07, 6.45) is 6.01. The quantitative estimate of drug-likeness (QED) is 0.923. The van der Waals surface area contributed by atoms with Gasteiger partial charge in [-0.15, -0.1) is 0 Å². The lowest BCUT2D eigenvalue weighted by molar-refractivity contribution is -0.0479. The molecule has 4 rings (SSSR count). The highest BCUT2D eigenvalue weighted by atomic mass is 19.1. The topological polar surface area (TPSA) is 53.4 Å². The van der Waals surface area contributed by atoms with Gasteiger partial charge >= 0.3 is 0 Å². The maximum Gasteiger partial charge on any atom is 0.254 e. The number of pyridine rings is 1. The number of nitrogens with zero attached hydrogens (tertiary/aromatic N) is 2. The van der Waals surface area contributed by atoms with Crippen molar-refractivity contribution in [1.29, 1.82) is 0 Å². The van der Waals surface area contributed by atoms with Crippen molar-refractivity contribution in [3.8, 4) is 0 Å². The minimum absolute atomic E-state index is 0.00561. The van der Waals surface area contributed by atoms with Crippen LogP contribution in [-0.4, -0.2) is 33.0 Å². The van der Waals surface area contributed by atoms with Crippen LogP contribution in [-0.2, 0) is 5.60 Å². The second kappa shape index (κ2) is 5.67. The zero-order valence-electron chi connectivity index (χ0n) is 13.2. The molecular weight excluding hydrogens is 307 g/mol. The number of hydrogen-bond donors (Lipinski definition) is 1. The van der Waals surface area contributed by atoms with Gasteiger partial charge in [-0.1, -0.05) is 12.1 Å². The van der Waals surface area contributed by atoms with Crippen LogP contribution in [0.25, 0.3) is 0 Å². The van der Waals surface area contributed by atoms with Gasteiger partial charge in [0.05, 0.1) is 5.60 Å². The molecule has 4 nitrogen and oxygen atoms in total. The minimum Gasteiger partial charge on any atom is -0.385 e. The van der Waals surface area contributed by atoms with Crippen LogP contribution in [0.5, 0.6) is 0 Å². The third-order valence-corrected chi connectivity index (χ3v) is 5.31. The summed E-state index contributed by atoms with van der Waals surface area (Å²) in [4.78, 5) is 18.7. The van der Waals surface area contributed by atoms with E-state index in [0.29, 0.717) is 18.4 Å². The van der Waals surface area contributed by atoms with E-state index in [-0.39, 0.29) is 23.8 Å². The van der Waals surface area contributed by atoms with E-state index in [4.69, 9.17) is 0 Å². The minimum atomic E-state index is -0.992. The van der Waals surface area contributed by atoms with Crippen LogP contribution in [0.4, 0.5) is 4.39 Å². The molecule has 124 valence electrons. The molecule has 2 aliphatic rings. The summed E-state index contributed by atoms with van der Waals surface area (Å²) in [5.41, 5.74) is 0.375. The molecule has 2 atom stereocenters. The summed E-state index contributed by atoms with van der Waals surface area (Å²) in [7, 11) is 0. The molecule has 3 heterocycles. The largest absolute Gasteiger partial charge is 0.385 e. The van der Waals surface area contributed by atoms with E-state index in [1.54, 1.807) is 36.7 Å². The van der Waals surface area contributed by atoms with Gasteiger partial charge in [-0.05, 0) is 42.7 Å². The van der Waals surface area contributed by atoms with E-state index in [1.807, 2.05) is 4.90 Å². The van der Waals surface area contributed by atoms with E-state index in [1.165, 1.54) is 12.1 Å². The normalized spacial score (nSPS) is 28.8. The summed E-state index contributed by atoms with van der Waals surface area (Å²) in [5, 5.41) is 11.1. The van der Waals surface area contributed by atoms with Crippen molar-refractivity contribution in [1.82, 2.24) is 9.88 Å². The van der Waals surface area contributed by atoms with Crippen molar-refractivity contribution in [3.63, 3.8) is 0 Å². The number of hydrogen-bond acceptors (Lipinski definition) is 3. The van der Waals surface area contributed by atoms with Gasteiger partial charge in [0.25, 0.3) is 5.91 Å². The average molecular weight is 326 g/mol. The summed E-state index contributed by atoms with van der Waals surface area (Å²) >= 11 is 0. The van der Waals surface area contributed by atoms with Crippen molar-refractivity contribution >= 4 is 5.91 Å². The molecule has 0 saturated carbocycles. The third-order valence-electron chi connectivity index (χ3n) is 5.31. The summed E-state index contributed by atoms with van der Waals surface area (Å²) in [6, 6.07) is 9.53. The van der Waals surface area contributed by atoms with Crippen molar-refractivity contribution in [3.05, 3.63) is 65.7 Å². The lowest BCUT2D eigenvalue weighted by atomic mass is 9.80. The molecular formula is C19H19FN2O2. The number of aliphatic hydroxyl groups is 1. The van der Waals surface area contributed by atoms with E-state index in [2.05, 4.69) is 4.98 Å². The van der Waals surface area contributed by atoms with Crippen molar-refractivity contribution in [2.45, 2.75) is 43.4 Å². The monoisotopic (exact) mass is 326 g/mol. The Bertz CT molecular complexity index is 734. The van der Waals surface area contributed by atoms with E-state index in [0.717, 1.165) is 18.4 Å². The average Bonchev–Trinajstić information content (AvgIpc) is 2.87. The first kappa shape index (κ1) is 15.3. The molecule has 2 aliphatic heterocycles. The molecule has 1 amide bonds. The number of rotatable bonds is 2. The number of piperidine rings is 1.